The van der Waals surface area contributed by atoms with Crippen molar-refractivity contribution < 1.29 is 29.2 Å². The Bertz CT molecular complexity index is 1050. The lowest BCUT2D eigenvalue weighted by Gasteiger charge is -2.18. The molecule has 4 N–H and O–H groups in total. The lowest BCUT2D eigenvalue weighted by molar-refractivity contribution is -0.0426. The minimum Gasteiger partial charge on any atom is -0.493 e. The summed E-state index contributed by atoms with van der Waals surface area (Å²) in [6.45, 7) is -0.305. The highest BCUT2D eigenvalue weighted by atomic mass is 16.5. The van der Waals surface area contributed by atoms with Crippen molar-refractivity contribution >= 4 is 17.0 Å². The van der Waals surface area contributed by atoms with Crippen molar-refractivity contribution in [1.82, 2.24) is 19.5 Å². The number of rotatable bonds is 6. The van der Waals surface area contributed by atoms with Crippen LogP contribution in [0.5, 0.6) is 17.2 Å². The number of fused-ring (bicyclic) bond motifs is 1. The topological polar surface area (TPSA) is 147 Å². The van der Waals surface area contributed by atoms with Crippen molar-refractivity contribution in [2.45, 2.75) is 24.9 Å². The maximum Gasteiger partial charge on any atom is 0.203 e. The summed E-state index contributed by atoms with van der Waals surface area (Å²) >= 11 is 0. The van der Waals surface area contributed by atoms with E-state index in [9.17, 15) is 10.2 Å². The Morgan fingerprint density at radius 1 is 1.17 bits per heavy atom. The Hall–Kier alpha value is -3.15. The molecule has 1 aliphatic heterocycles. The van der Waals surface area contributed by atoms with Crippen LogP contribution in [0, 0.1) is 0 Å². The molecule has 0 radical (unpaired) electrons. The number of aliphatic hydroxyl groups is 2. The highest BCUT2D eigenvalue weighted by molar-refractivity contribution is 5.86. The summed E-state index contributed by atoms with van der Waals surface area (Å²) in [5.74, 6) is 2.02. The van der Waals surface area contributed by atoms with Gasteiger partial charge in [0.05, 0.1) is 34.0 Å². The number of imidazole rings is 1. The van der Waals surface area contributed by atoms with E-state index in [0.29, 0.717) is 39.8 Å². The Kier molecular flexibility index (Phi) is 5.33. The Labute approximate surface area is 172 Å². The Morgan fingerprint density at radius 2 is 1.87 bits per heavy atom. The van der Waals surface area contributed by atoms with Crippen molar-refractivity contribution in [1.29, 1.82) is 0 Å². The highest BCUT2D eigenvalue weighted by Crippen LogP contribution is 2.43. The fourth-order valence-electron chi connectivity index (χ4n) is 3.65. The number of hydrogen-bond acceptors (Lipinski definition) is 10. The molecule has 0 spiro atoms. The first-order valence-corrected chi connectivity index (χ1v) is 9.25. The number of methoxy groups -OCH3 is 3. The molecule has 4 rings (SSSR count). The number of ether oxygens (including phenoxy) is 4. The van der Waals surface area contributed by atoms with E-state index in [1.165, 1.54) is 27.7 Å². The second-order valence-electron chi connectivity index (χ2n) is 6.77. The van der Waals surface area contributed by atoms with Gasteiger partial charge in [-0.1, -0.05) is 0 Å². The summed E-state index contributed by atoms with van der Waals surface area (Å²) in [6, 6.07) is 3.50. The van der Waals surface area contributed by atoms with Gasteiger partial charge in [-0.15, -0.1) is 0 Å². The van der Waals surface area contributed by atoms with Gasteiger partial charge in [0.1, 0.15) is 24.5 Å². The van der Waals surface area contributed by atoms with E-state index in [-0.39, 0.29) is 18.8 Å². The van der Waals surface area contributed by atoms with Crippen LogP contribution in [-0.2, 0) is 4.74 Å². The van der Waals surface area contributed by atoms with Crippen molar-refractivity contribution in [3.8, 4) is 28.6 Å². The smallest absolute Gasteiger partial charge is 0.203 e. The van der Waals surface area contributed by atoms with Crippen LogP contribution in [-0.4, -0.2) is 69.9 Å². The number of anilines is 1. The van der Waals surface area contributed by atoms with Gasteiger partial charge in [0.25, 0.3) is 0 Å². The highest BCUT2D eigenvalue weighted by Gasteiger charge is 2.37. The minimum atomic E-state index is -0.829. The molecule has 0 aliphatic carbocycles. The second kappa shape index (κ2) is 7.94. The third-order valence-electron chi connectivity index (χ3n) is 5.10. The van der Waals surface area contributed by atoms with Crippen molar-refractivity contribution in [3.05, 3.63) is 18.5 Å². The van der Waals surface area contributed by atoms with Gasteiger partial charge >= 0.3 is 0 Å². The summed E-state index contributed by atoms with van der Waals surface area (Å²) in [5, 5.41) is 19.7. The number of aromatic nitrogens is 4. The molecule has 1 aromatic carbocycles. The number of benzene rings is 1. The molecule has 11 nitrogen and oxygen atoms in total. The average Bonchev–Trinajstić information content (AvgIpc) is 3.33. The maximum absolute atomic E-state index is 10.2. The van der Waals surface area contributed by atoms with Crippen LogP contribution in [0.15, 0.2) is 18.5 Å². The predicted molar refractivity (Wildman–Crippen MR) is 106 cm³/mol. The molecule has 3 aromatic rings. The van der Waals surface area contributed by atoms with Gasteiger partial charge in [0.15, 0.2) is 28.5 Å². The molecule has 1 fully saturated rings. The summed E-state index contributed by atoms with van der Waals surface area (Å²) < 4.78 is 23.9. The Morgan fingerprint density at radius 3 is 2.43 bits per heavy atom. The molecule has 1 saturated heterocycles. The standard InChI is InChI=1S/C19H23N5O6/c1-27-11-4-9(5-12(28-2)16(11)29-3)18-23-15-17(20)21-8-22-19(15)24(18)14-6-10(26)13(7-25)30-14/h4-5,8,10,13-14,25-26H,6-7H2,1-3H3,(H2,20,21,22)/t10-,13+,14+/m0/s1. The van der Waals surface area contributed by atoms with Gasteiger partial charge in [0, 0.05) is 12.0 Å². The average molecular weight is 417 g/mol. The van der Waals surface area contributed by atoms with Crippen LogP contribution in [0.2, 0.25) is 0 Å². The van der Waals surface area contributed by atoms with Crippen LogP contribution in [0.25, 0.3) is 22.6 Å². The molecule has 160 valence electrons. The first-order valence-electron chi connectivity index (χ1n) is 9.25. The van der Waals surface area contributed by atoms with E-state index >= 15 is 0 Å². The van der Waals surface area contributed by atoms with E-state index in [1.54, 1.807) is 16.7 Å². The van der Waals surface area contributed by atoms with Gasteiger partial charge in [-0.25, -0.2) is 15.0 Å². The third kappa shape index (κ3) is 3.16. The zero-order chi connectivity index (χ0) is 21.4. The lowest BCUT2D eigenvalue weighted by atomic mass is 10.1. The molecular formula is C19H23N5O6. The Balaban J connectivity index is 1.95. The number of hydrogen-bond donors (Lipinski definition) is 3. The monoisotopic (exact) mass is 417 g/mol. The summed E-state index contributed by atoms with van der Waals surface area (Å²) in [7, 11) is 4.57. The number of nitrogens with two attached hydrogens (primary N) is 1. The van der Waals surface area contributed by atoms with Crippen LogP contribution in [0.4, 0.5) is 5.82 Å². The van der Waals surface area contributed by atoms with Gasteiger partial charge < -0.3 is 34.9 Å². The first kappa shape index (κ1) is 20.1. The molecule has 3 heterocycles. The molecule has 0 amide bonds. The minimum absolute atomic E-state index is 0.213. The van der Waals surface area contributed by atoms with E-state index in [0.717, 1.165) is 0 Å². The van der Waals surface area contributed by atoms with Gasteiger partial charge in [-0.05, 0) is 12.1 Å². The number of aliphatic hydroxyl groups excluding tert-OH is 2. The molecule has 0 bridgehead atoms. The molecule has 3 atom stereocenters. The van der Waals surface area contributed by atoms with Gasteiger partial charge in [-0.3, -0.25) is 4.57 Å². The van der Waals surface area contributed by atoms with Crippen LogP contribution >= 0.6 is 0 Å². The van der Waals surface area contributed by atoms with Crippen LogP contribution in [0.1, 0.15) is 12.6 Å². The molecule has 1 aliphatic rings. The van der Waals surface area contributed by atoms with Crippen LogP contribution < -0.4 is 19.9 Å². The van der Waals surface area contributed by atoms with Crippen molar-refractivity contribution in [2.75, 3.05) is 33.7 Å². The largest absolute Gasteiger partial charge is 0.493 e. The summed E-state index contributed by atoms with van der Waals surface area (Å²) in [5.41, 5.74) is 7.50. The quantitative estimate of drug-likeness (QED) is 0.524. The maximum atomic E-state index is 10.2. The predicted octanol–water partition coefficient (Wildman–Crippen LogP) is 0.742. The zero-order valence-electron chi connectivity index (χ0n) is 16.8. The van der Waals surface area contributed by atoms with Gasteiger partial charge in [0.2, 0.25) is 5.75 Å². The number of nitrogen functional groups attached to an aromatic ring is 1. The summed E-state index contributed by atoms with van der Waals surface area (Å²) in [4.78, 5) is 13.0. The number of nitrogens with zero attached hydrogens (tertiary/aromatic N) is 4. The molecule has 0 unspecified atom stereocenters. The van der Waals surface area contributed by atoms with Crippen molar-refractivity contribution in [3.63, 3.8) is 0 Å². The third-order valence-corrected chi connectivity index (χ3v) is 5.10. The van der Waals surface area contributed by atoms with E-state index in [1.807, 2.05) is 0 Å². The lowest BCUT2D eigenvalue weighted by Crippen LogP contribution is -2.24. The zero-order valence-corrected chi connectivity index (χ0v) is 16.8. The summed E-state index contributed by atoms with van der Waals surface area (Å²) in [6.07, 6.45) is -0.573. The van der Waals surface area contributed by atoms with Crippen molar-refractivity contribution in [2.24, 2.45) is 0 Å². The fourth-order valence-corrected chi connectivity index (χ4v) is 3.65. The van der Waals surface area contributed by atoms with Crippen LogP contribution in [0.3, 0.4) is 0 Å². The first-order chi connectivity index (χ1) is 14.5. The fraction of sp³-hybridized carbons (Fsp3) is 0.421. The van der Waals surface area contributed by atoms with E-state index in [4.69, 9.17) is 24.7 Å². The van der Waals surface area contributed by atoms with Gasteiger partial charge in [-0.2, -0.15) is 0 Å². The molecule has 0 saturated carbocycles. The molecule has 2 aromatic heterocycles. The molecule has 30 heavy (non-hydrogen) atoms. The molecule has 11 heteroatoms. The van der Waals surface area contributed by atoms with E-state index < -0.39 is 18.4 Å². The SMILES string of the molecule is COc1cc(-c2nc3c(N)ncnc3n2[C@H]2C[C@H](O)[C@@H](CO)O2)cc(OC)c1OC. The van der Waals surface area contributed by atoms with E-state index in [2.05, 4.69) is 15.0 Å². The molecular weight excluding hydrogens is 394 g/mol. The normalized spacial score (nSPS) is 21.2. The second-order valence-corrected chi connectivity index (χ2v) is 6.77.